The number of hydrogen-bond donors (Lipinski definition) is 1. The zero-order valence-corrected chi connectivity index (χ0v) is 12.3. The molecule has 1 aromatic rings. The van der Waals surface area contributed by atoms with Crippen LogP contribution < -0.4 is 5.32 Å². The molecule has 3 heteroatoms. The number of thioether (sulfide) groups is 1. The zero-order valence-electron chi connectivity index (χ0n) is 11.5. The molecule has 18 heavy (non-hydrogen) atoms. The monoisotopic (exact) mass is 264 g/mol. The van der Waals surface area contributed by atoms with Crippen molar-refractivity contribution in [1.82, 2.24) is 10.2 Å². The van der Waals surface area contributed by atoms with Crippen LogP contribution in [-0.2, 0) is 0 Å². The first kappa shape index (κ1) is 13.9. The van der Waals surface area contributed by atoms with Crippen molar-refractivity contribution in [3.63, 3.8) is 0 Å². The fourth-order valence-corrected chi connectivity index (χ4v) is 3.22. The second kappa shape index (κ2) is 7.17. The summed E-state index contributed by atoms with van der Waals surface area (Å²) >= 11 is 2.07. The van der Waals surface area contributed by atoms with Gasteiger partial charge in [-0.25, -0.2) is 0 Å². The van der Waals surface area contributed by atoms with Crippen LogP contribution >= 0.6 is 11.8 Å². The number of aryl methyl sites for hydroxylation is 1. The first-order valence-electron chi connectivity index (χ1n) is 6.86. The van der Waals surface area contributed by atoms with Crippen molar-refractivity contribution in [2.45, 2.75) is 19.9 Å². The average molecular weight is 264 g/mol. The Bertz CT molecular complexity index is 344. The van der Waals surface area contributed by atoms with Crippen molar-refractivity contribution in [2.24, 2.45) is 0 Å². The van der Waals surface area contributed by atoms with E-state index in [1.54, 1.807) is 0 Å². The normalized spacial score (nSPS) is 18.8. The predicted octanol–water partition coefficient (Wildman–Crippen LogP) is 2.69. The smallest absolute Gasteiger partial charge is 0.0292 e. The molecule has 0 aromatic heterocycles. The Kier molecular flexibility index (Phi) is 5.54. The molecule has 1 heterocycles. The highest BCUT2D eigenvalue weighted by atomic mass is 32.2. The summed E-state index contributed by atoms with van der Waals surface area (Å²) in [6.07, 6.45) is 0. The third kappa shape index (κ3) is 4.30. The molecule has 0 saturated carbocycles. The van der Waals surface area contributed by atoms with Crippen LogP contribution in [0.4, 0.5) is 0 Å². The molecular formula is C15H24N2S. The Balaban J connectivity index is 1.70. The van der Waals surface area contributed by atoms with Gasteiger partial charge >= 0.3 is 0 Å². The van der Waals surface area contributed by atoms with E-state index in [0.29, 0.717) is 6.04 Å². The number of nitrogens with one attached hydrogen (secondary N) is 1. The highest BCUT2D eigenvalue weighted by Gasteiger charge is 2.10. The van der Waals surface area contributed by atoms with Gasteiger partial charge in [-0.3, -0.25) is 0 Å². The number of rotatable bonds is 5. The molecule has 1 N–H and O–H groups in total. The number of benzene rings is 1. The first-order valence-corrected chi connectivity index (χ1v) is 8.01. The SMILES string of the molecule is Cc1ccc(C(C)NCCN2CCSCC2)cc1. The minimum atomic E-state index is 0.449. The minimum absolute atomic E-state index is 0.449. The van der Waals surface area contributed by atoms with Gasteiger partial charge in [0, 0.05) is 43.7 Å². The lowest BCUT2D eigenvalue weighted by Gasteiger charge is -2.26. The van der Waals surface area contributed by atoms with E-state index in [-0.39, 0.29) is 0 Å². The topological polar surface area (TPSA) is 15.3 Å². The largest absolute Gasteiger partial charge is 0.309 e. The van der Waals surface area contributed by atoms with Crippen molar-refractivity contribution in [3.8, 4) is 0 Å². The van der Waals surface area contributed by atoms with Gasteiger partial charge in [0.2, 0.25) is 0 Å². The molecule has 0 radical (unpaired) electrons. The van der Waals surface area contributed by atoms with Crippen LogP contribution in [0.1, 0.15) is 24.1 Å². The van der Waals surface area contributed by atoms with E-state index in [2.05, 4.69) is 60.1 Å². The van der Waals surface area contributed by atoms with Gasteiger partial charge in [-0.1, -0.05) is 29.8 Å². The van der Waals surface area contributed by atoms with E-state index in [9.17, 15) is 0 Å². The minimum Gasteiger partial charge on any atom is -0.309 e. The fraction of sp³-hybridized carbons (Fsp3) is 0.600. The lowest BCUT2D eigenvalue weighted by atomic mass is 10.1. The Morgan fingerprint density at radius 3 is 2.56 bits per heavy atom. The zero-order chi connectivity index (χ0) is 12.8. The third-order valence-corrected chi connectivity index (χ3v) is 4.50. The Morgan fingerprint density at radius 1 is 1.22 bits per heavy atom. The van der Waals surface area contributed by atoms with Crippen LogP contribution in [-0.4, -0.2) is 42.6 Å². The van der Waals surface area contributed by atoms with Crippen molar-refractivity contribution in [1.29, 1.82) is 0 Å². The Hall–Kier alpha value is -0.510. The van der Waals surface area contributed by atoms with Crippen molar-refractivity contribution in [3.05, 3.63) is 35.4 Å². The second-order valence-electron chi connectivity index (χ2n) is 5.04. The summed E-state index contributed by atoms with van der Waals surface area (Å²) in [6.45, 7) is 9.15. The molecule has 1 atom stereocenters. The molecule has 2 nitrogen and oxygen atoms in total. The average Bonchev–Trinajstić information content (AvgIpc) is 2.40. The molecule has 1 unspecified atom stereocenters. The van der Waals surface area contributed by atoms with Crippen LogP contribution in [0, 0.1) is 6.92 Å². The molecular weight excluding hydrogens is 240 g/mol. The highest BCUT2D eigenvalue weighted by molar-refractivity contribution is 7.99. The number of hydrogen-bond acceptors (Lipinski definition) is 3. The maximum absolute atomic E-state index is 3.62. The Morgan fingerprint density at radius 2 is 1.89 bits per heavy atom. The van der Waals surface area contributed by atoms with E-state index in [1.165, 1.54) is 42.3 Å². The fourth-order valence-electron chi connectivity index (χ4n) is 2.24. The lowest BCUT2D eigenvalue weighted by molar-refractivity contribution is 0.297. The summed E-state index contributed by atoms with van der Waals surface area (Å²) in [7, 11) is 0. The molecule has 0 aliphatic carbocycles. The van der Waals surface area contributed by atoms with Crippen molar-refractivity contribution < 1.29 is 0 Å². The van der Waals surface area contributed by atoms with Crippen LogP contribution in [0.25, 0.3) is 0 Å². The molecule has 1 aliphatic rings. The van der Waals surface area contributed by atoms with Gasteiger partial charge in [-0.2, -0.15) is 11.8 Å². The van der Waals surface area contributed by atoms with Gasteiger partial charge in [0.1, 0.15) is 0 Å². The van der Waals surface area contributed by atoms with Crippen molar-refractivity contribution >= 4 is 11.8 Å². The second-order valence-corrected chi connectivity index (χ2v) is 6.27. The van der Waals surface area contributed by atoms with Gasteiger partial charge in [-0.15, -0.1) is 0 Å². The molecule has 1 aromatic carbocycles. The molecule has 1 saturated heterocycles. The summed E-state index contributed by atoms with van der Waals surface area (Å²) in [4.78, 5) is 2.56. The van der Waals surface area contributed by atoms with Gasteiger partial charge in [0.25, 0.3) is 0 Å². The molecule has 2 rings (SSSR count). The van der Waals surface area contributed by atoms with Crippen LogP contribution in [0.2, 0.25) is 0 Å². The van der Waals surface area contributed by atoms with Gasteiger partial charge in [0.05, 0.1) is 0 Å². The van der Waals surface area contributed by atoms with Crippen LogP contribution in [0.5, 0.6) is 0 Å². The van der Waals surface area contributed by atoms with Gasteiger partial charge in [-0.05, 0) is 19.4 Å². The van der Waals surface area contributed by atoms with E-state index in [4.69, 9.17) is 0 Å². The molecule has 0 spiro atoms. The quantitative estimate of drug-likeness (QED) is 0.880. The third-order valence-electron chi connectivity index (χ3n) is 3.56. The summed E-state index contributed by atoms with van der Waals surface area (Å²) in [5.74, 6) is 2.60. The van der Waals surface area contributed by atoms with Crippen LogP contribution in [0.3, 0.4) is 0 Å². The molecule has 1 aliphatic heterocycles. The first-order chi connectivity index (χ1) is 8.75. The molecule has 0 amide bonds. The standard InChI is InChI=1S/C15H24N2S/c1-13-3-5-15(6-4-13)14(2)16-7-8-17-9-11-18-12-10-17/h3-6,14,16H,7-12H2,1-2H3. The van der Waals surface area contributed by atoms with Crippen LogP contribution in [0.15, 0.2) is 24.3 Å². The Labute approximate surface area is 115 Å². The van der Waals surface area contributed by atoms with E-state index >= 15 is 0 Å². The summed E-state index contributed by atoms with van der Waals surface area (Å²) < 4.78 is 0. The number of nitrogens with zero attached hydrogens (tertiary/aromatic N) is 1. The molecule has 100 valence electrons. The van der Waals surface area contributed by atoms with E-state index in [1.807, 2.05) is 0 Å². The molecule has 0 bridgehead atoms. The molecule has 1 fully saturated rings. The maximum atomic E-state index is 3.62. The summed E-state index contributed by atoms with van der Waals surface area (Å²) in [5.41, 5.74) is 2.71. The maximum Gasteiger partial charge on any atom is 0.0292 e. The van der Waals surface area contributed by atoms with E-state index in [0.717, 1.165) is 6.54 Å². The van der Waals surface area contributed by atoms with E-state index < -0.39 is 0 Å². The predicted molar refractivity (Wildman–Crippen MR) is 81.4 cm³/mol. The summed E-state index contributed by atoms with van der Waals surface area (Å²) in [6, 6.07) is 9.28. The van der Waals surface area contributed by atoms with Gasteiger partial charge < -0.3 is 10.2 Å². The summed E-state index contributed by atoms with van der Waals surface area (Å²) in [5, 5.41) is 3.62. The highest BCUT2D eigenvalue weighted by Crippen LogP contribution is 2.13. The van der Waals surface area contributed by atoms with Gasteiger partial charge in [0.15, 0.2) is 0 Å². The lowest BCUT2D eigenvalue weighted by Crippen LogP contribution is -2.38. The van der Waals surface area contributed by atoms with Crippen molar-refractivity contribution in [2.75, 3.05) is 37.7 Å².